The van der Waals surface area contributed by atoms with Crippen LogP contribution in [0.1, 0.15) is 40.5 Å². The third-order valence-corrected chi connectivity index (χ3v) is 6.88. The molecular weight excluding hydrogens is 460 g/mol. The van der Waals surface area contributed by atoms with Gasteiger partial charge in [0.1, 0.15) is 17.3 Å². The quantitative estimate of drug-likeness (QED) is 0.353. The standard InChI is InChI=1S/C27H28N4O3S/c1-17-14-21(18(2)30(17)16-20-8-7-13-34-20)26-25(22-9-5-6-12-28-22)29-27(35)31(26)23-11-10-19(32-3)15-24(23)33-4/h5-15,25-26H,16H2,1-4H3,(H,29,35)/t25-,26-/m1/s1. The highest BCUT2D eigenvalue weighted by Gasteiger charge is 2.43. The summed E-state index contributed by atoms with van der Waals surface area (Å²) in [5.41, 5.74) is 5.24. The number of pyridine rings is 1. The molecule has 0 radical (unpaired) electrons. The lowest BCUT2D eigenvalue weighted by molar-refractivity contribution is 0.394. The minimum atomic E-state index is -0.145. The van der Waals surface area contributed by atoms with Crippen molar-refractivity contribution in [3.63, 3.8) is 0 Å². The largest absolute Gasteiger partial charge is 0.497 e. The van der Waals surface area contributed by atoms with Gasteiger partial charge < -0.3 is 28.7 Å². The van der Waals surface area contributed by atoms with Crippen LogP contribution in [0.4, 0.5) is 5.69 Å². The van der Waals surface area contributed by atoms with Gasteiger partial charge in [0, 0.05) is 23.7 Å². The Morgan fingerprint density at radius 2 is 1.91 bits per heavy atom. The zero-order valence-corrected chi connectivity index (χ0v) is 21.0. The molecule has 4 aromatic rings. The van der Waals surface area contributed by atoms with Crippen LogP contribution in [-0.4, -0.2) is 28.9 Å². The van der Waals surface area contributed by atoms with E-state index in [0.717, 1.165) is 39.8 Å². The molecular formula is C27H28N4O3S. The van der Waals surface area contributed by atoms with Gasteiger partial charge in [-0.25, -0.2) is 0 Å². The zero-order chi connectivity index (χ0) is 24.5. The highest BCUT2D eigenvalue weighted by molar-refractivity contribution is 7.80. The number of benzene rings is 1. The molecule has 0 bridgehead atoms. The van der Waals surface area contributed by atoms with Crippen molar-refractivity contribution in [2.75, 3.05) is 19.1 Å². The molecule has 8 heteroatoms. The highest BCUT2D eigenvalue weighted by Crippen LogP contribution is 2.46. The summed E-state index contributed by atoms with van der Waals surface area (Å²) in [4.78, 5) is 6.80. The van der Waals surface area contributed by atoms with Crippen molar-refractivity contribution < 1.29 is 13.9 Å². The molecule has 7 nitrogen and oxygen atoms in total. The van der Waals surface area contributed by atoms with Crippen molar-refractivity contribution >= 4 is 23.0 Å². The first kappa shape index (κ1) is 23.0. The van der Waals surface area contributed by atoms with Gasteiger partial charge in [0.15, 0.2) is 5.11 Å². The molecule has 0 amide bonds. The number of nitrogens with one attached hydrogen (secondary N) is 1. The molecule has 2 atom stereocenters. The Morgan fingerprint density at radius 3 is 2.60 bits per heavy atom. The predicted octanol–water partition coefficient (Wildman–Crippen LogP) is 5.34. The SMILES string of the molecule is COc1ccc(N2C(=S)N[C@H](c3ccccn3)[C@H]2c2cc(C)n(Cc3ccco3)c2C)c(OC)c1. The Labute approximate surface area is 210 Å². The average molecular weight is 489 g/mol. The molecule has 3 aromatic heterocycles. The maximum atomic E-state index is 5.90. The molecule has 1 aliphatic rings. The minimum absolute atomic E-state index is 0.142. The van der Waals surface area contributed by atoms with Crippen molar-refractivity contribution in [3.05, 3.63) is 95.5 Å². The summed E-state index contributed by atoms with van der Waals surface area (Å²) < 4.78 is 19.1. The third-order valence-electron chi connectivity index (χ3n) is 6.57. The van der Waals surface area contributed by atoms with Crippen molar-refractivity contribution in [2.24, 2.45) is 0 Å². The topological polar surface area (TPSA) is 64.7 Å². The Hall–Kier alpha value is -3.78. The Kier molecular flexibility index (Phi) is 6.21. The first-order chi connectivity index (χ1) is 17.0. The smallest absolute Gasteiger partial charge is 0.174 e. The normalized spacial score (nSPS) is 17.5. The summed E-state index contributed by atoms with van der Waals surface area (Å²) in [5.74, 6) is 2.32. The van der Waals surface area contributed by atoms with E-state index in [-0.39, 0.29) is 12.1 Å². The summed E-state index contributed by atoms with van der Waals surface area (Å²) in [6.45, 7) is 4.93. The van der Waals surface area contributed by atoms with Crippen LogP contribution in [0.15, 0.2) is 71.5 Å². The summed E-state index contributed by atoms with van der Waals surface area (Å²) in [6, 6.07) is 17.6. The number of methoxy groups -OCH3 is 2. The fraction of sp³-hybridized carbons (Fsp3) is 0.259. The second-order valence-electron chi connectivity index (χ2n) is 8.53. The summed E-state index contributed by atoms with van der Waals surface area (Å²) >= 11 is 5.90. The summed E-state index contributed by atoms with van der Waals surface area (Å²) in [5, 5.41) is 4.14. The number of hydrogen-bond acceptors (Lipinski definition) is 5. The number of thiocarbonyl (C=S) groups is 1. The van der Waals surface area contributed by atoms with Crippen LogP contribution < -0.4 is 19.7 Å². The van der Waals surface area contributed by atoms with Gasteiger partial charge in [0.2, 0.25) is 0 Å². The number of hydrogen-bond donors (Lipinski definition) is 1. The second kappa shape index (κ2) is 9.46. The maximum absolute atomic E-state index is 5.90. The molecule has 0 saturated carbocycles. The lowest BCUT2D eigenvalue weighted by Crippen LogP contribution is -2.30. The van der Waals surface area contributed by atoms with Gasteiger partial charge in [0.25, 0.3) is 0 Å². The van der Waals surface area contributed by atoms with Crippen LogP contribution >= 0.6 is 12.2 Å². The average Bonchev–Trinajstić information content (AvgIpc) is 3.59. The zero-order valence-electron chi connectivity index (χ0n) is 20.2. The summed E-state index contributed by atoms with van der Waals surface area (Å²) in [7, 11) is 3.30. The first-order valence-electron chi connectivity index (χ1n) is 11.4. The molecule has 1 N–H and O–H groups in total. The van der Waals surface area contributed by atoms with Gasteiger partial charge in [-0.05, 0) is 74.1 Å². The van der Waals surface area contributed by atoms with Gasteiger partial charge in [-0.2, -0.15) is 0 Å². The van der Waals surface area contributed by atoms with Gasteiger partial charge in [-0.15, -0.1) is 0 Å². The molecule has 0 spiro atoms. The molecule has 0 aliphatic carbocycles. The predicted molar refractivity (Wildman–Crippen MR) is 139 cm³/mol. The number of anilines is 1. The van der Waals surface area contributed by atoms with E-state index in [2.05, 4.69) is 39.7 Å². The Morgan fingerprint density at radius 1 is 1.06 bits per heavy atom. The van der Waals surface area contributed by atoms with Gasteiger partial charge >= 0.3 is 0 Å². The van der Waals surface area contributed by atoms with Crippen LogP contribution in [0.25, 0.3) is 0 Å². The van der Waals surface area contributed by atoms with E-state index >= 15 is 0 Å². The lowest BCUT2D eigenvalue weighted by Gasteiger charge is -2.29. The number of nitrogens with zero attached hydrogens (tertiary/aromatic N) is 3. The molecule has 1 fully saturated rings. The number of ether oxygens (including phenoxy) is 2. The molecule has 1 aromatic carbocycles. The van der Waals surface area contributed by atoms with Crippen LogP contribution in [0.5, 0.6) is 11.5 Å². The van der Waals surface area contributed by atoms with E-state index in [4.69, 9.17) is 26.1 Å². The third kappa shape index (κ3) is 4.14. The van der Waals surface area contributed by atoms with Crippen molar-refractivity contribution in [2.45, 2.75) is 32.5 Å². The lowest BCUT2D eigenvalue weighted by atomic mass is 9.96. The fourth-order valence-electron chi connectivity index (χ4n) is 4.84. The van der Waals surface area contributed by atoms with Gasteiger partial charge in [-0.1, -0.05) is 6.07 Å². The van der Waals surface area contributed by atoms with E-state index in [1.807, 2.05) is 54.7 Å². The molecule has 1 aliphatic heterocycles. The highest BCUT2D eigenvalue weighted by atomic mass is 32.1. The van der Waals surface area contributed by atoms with Crippen LogP contribution in [0.3, 0.4) is 0 Å². The molecule has 0 unspecified atom stereocenters. The Balaban J connectivity index is 1.65. The minimum Gasteiger partial charge on any atom is -0.497 e. The number of aromatic nitrogens is 2. The van der Waals surface area contributed by atoms with E-state index in [1.165, 1.54) is 0 Å². The van der Waals surface area contributed by atoms with Crippen LogP contribution in [0.2, 0.25) is 0 Å². The number of furan rings is 1. The molecule has 1 saturated heterocycles. The second-order valence-corrected chi connectivity index (χ2v) is 8.91. The first-order valence-corrected chi connectivity index (χ1v) is 11.8. The van der Waals surface area contributed by atoms with Crippen LogP contribution in [0, 0.1) is 13.8 Å². The molecule has 5 rings (SSSR count). The monoisotopic (exact) mass is 488 g/mol. The summed E-state index contributed by atoms with van der Waals surface area (Å²) in [6.07, 6.45) is 3.52. The Bertz CT molecular complexity index is 1330. The fourth-order valence-corrected chi connectivity index (χ4v) is 5.18. The van der Waals surface area contributed by atoms with Gasteiger partial charge in [-0.3, -0.25) is 4.98 Å². The van der Waals surface area contributed by atoms with Crippen molar-refractivity contribution in [1.29, 1.82) is 0 Å². The molecule has 4 heterocycles. The van der Waals surface area contributed by atoms with E-state index in [1.54, 1.807) is 20.5 Å². The van der Waals surface area contributed by atoms with Gasteiger partial charge in [0.05, 0.1) is 50.5 Å². The van der Waals surface area contributed by atoms with Crippen molar-refractivity contribution in [1.82, 2.24) is 14.9 Å². The number of rotatable bonds is 7. The number of aryl methyl sites for hydroxylation is 1. The maximum Gasteiger partial charge on any atom is 0.174 e. The van der Waals surface area contributed by atoms with Crippen LogP contribution in [-0.2, 0) is 6.54 Å². The molecule has 180 valence electrons. The van der Waals surface area contributed by atoms with E-state index in [0.29, 0.717) is 17.4 Å². The van der Waals surface area contributed by atoms with E-state index in [9.17, 15) is 0 Å². The van der Waals surface area contributed by atoms with Crippen molar-refractivity contribution in [3.8, 4) is 11.5 Å². The van der Waals surface area contributed by atoms with E-state index < -0.39 is 0 Å². The molecule has 35 heavy (non-hydrogen) atoms.